The molecule has 0 N–H and O–H groups in total. The highest BCUT2D eigenvalue weighted by molar-refractivity contribution is 7.07. The molecular formula is C24H31N3O3S. The molecule has 0 radical (unpaired) electrons. The number of amides is 2. The van der Waals surface area contributed by atoms with Gasteiger partial charge in [-0.1, -0.05) is 31.4 Å². The first kappa shape index (κ1) is 21.8. The molecule has 0 spiro atoms. The lowest BCUT2D eigenvalue weighted by Crippen LogP contribution is -2.51. The number of carbonyl (C=O) groups is 2. The number of nitrogens with zero attached hydrogens (tertiary/aromatic N) is 3. The Labute approximate surface area is 188 Å². The second-order valence-corrected chi connectivity index (χ2v) is 9.24. The van der Waals surface area contributed by atoms with E-state index in [1.54, 1.807) is 10.4 Å². The van der Waals surface area contributed by atoms with Crippen molar-refractivity contribution in [3.63, 3.8) is 0 Å². The summed E-state index contributed by atoms with van der Waals surface area (Å²) in [4.78, 5) is 34.5. The summed E-state index contributed by atoms with van der Waals surface area (Å²) in [5.74, 6) is 0.614. The largest absolute Gasteiger partial charge is 0.487 e. The Morgan fingerprint density at radius 2 is 1.84 bits per heavy atom. The third-order valence-corrected chi connectivity index (χ3v) is 6.95. The summed E-state index contributed by atoms with van der Waals surface area (Å²) in [6.45, 7) is 1.44. The molecule has 1 saturated carbocycles. The minimum Gasteiger partial charge on any atom is -0.487 e. The molecule has 31 heavy (non-hydrogen) atoms. The van der Waals surface area contributed by atoms with E-state index in [0.29, 0.717) is 17.0 Å². The molecule has 1 aliphatic carbocycles. The smallest absolute Gasteiger partial charge is 0.273 e. The van der Waals surface area contributed by atoms with E-state index in [-0.39, 0.29) is 24.0 Å². The Morgan fingerprint density at radius 1 is 1.06 bits per heavy atom. The molecule has 1 aliphatic heterocycles. The van der Waals surface area contributed by atoms with Crippen LogP contribution in [0.4, 0.5) is 0 Å². The maximum Gasteiger partial charge on any atom is 0.273 e. The molecule has 0 bridgehead atoms. The van der Waals surface area contributed by atoms with Gasteiger partial charge < -0.3 is 14.5 Å². The van der Waals surface area contributed by atoms with Gasteiger partial charge in [-0.2, -0.15) is 0 Å². The van der Waals surface area contributed by atoms with E-state index in [1.165, 1.54) is 11.3 Å². The van der Waals surface area contributed by atoms with Crippen LogP contribution in [0.5, 0.6) is 5.75 Å². The van der Waals surface area contributed by atoms with Crippen LogP contribution in [-0.4, -0.2) is 58.9 Å². The molecule has 4 rings (SSSR count). The quantitative estimate of drug-likeness (QED) is 0.648. The summed E-state index contributed by atoms with van der Waals surface area (Å²) in [6, 6.07) is 7.51. The lowest BCUT2D eigenvalue weighted by Gasteiger charge is -2.40. The summed E-state index contributed by atoms with van der Waals surface area (Å²) in [5.41, 5.74) is 2.83. The van der Waals surface area contributed by atoms with Gasteiger partial charge in [0, 0.05) is 25.5 Å². The average Bonchev–Trinajstić information content (AvgIpc) is 3.33. The van der Waals surface area contributed by atoms with Gasteiger partial charge in [0.25, 0.3) is 11.8 Å². The standard InChI is InChI=1S/C24H31N3O3S/c1-26-14-8-2-3-9-15-27(24(29)19-16-31-17-25-19)20-11-5-7-13-22(20)30-21-12-6-4-10-18(21)23(26)28/h4,6,10,12,16-17,20,22H,2-3,5,7-9,11,13-15H2,1H3/t20-,22+/m1/s1. The molecule has 166 valence electrons. The van der Waals surface area contributed by atoms with E-state index in [4.69, 9.17) is 4.74 Å². The van der Waals surface area contributed by atoms with Crippen molar-refractivity contribution in [2.75, 3.05) is 20.1 Å². The van der Waals surface area contributed by atoms with Gasteiger partial charge in [-0.3, -0.25) is 9.59 Å². The van der Waals surface area contributed by atoms with Crippen molar-refractivity contribution in [1.29, 1.82) is 0 Å². The van der Waals surface area contributed by atoms with Crippen LogP contribution in [0, 0.1) is 0 Å². The number of aromatic nitrogens is 1. The predicted molar refractivity (Wildman–Crippen MR) is 122 cm³/mol. The summed E-state index contributed by atoms with van der Waals surface area (Å²) < 4.78 is 6.50. The van der Waals surface area contributed by atoms with Crippen LogP contribution in [0.3, 0.4) is 0 Å². The molecule has 0 saturated heterocycles. The van der Waals surface area contributed by atoms with Crippen LogP contribution in [-0.2, 0) is 0 Å². The van der Waals surface area contributed by atoms with Gasteiger partial charge in [-0.15, -0.1) is 11.3 Å². The fraction of sp³-hybridized carbons (Fsp3) is 0.542. The number of thiazole rings is 1. The number of rotatable bonds is 1. The number of para-hydroxylation sites is 1. The van der Waals surface area contributed by atoms with Gasteiger partial charge in [0.05, 0.1) is 17.1 Å². The third-order valence-electron chi connectivity index (χ3n) is 6.37. The van der Waals surface area contributed by atoms with E-state index in [2.05, 4.69) is 4.98 Å². The highest BCUT2D eigenvalue weighted by Gasteiger charge is 2.36. The first-order chi connectivity index (χ1) is 15.1. The number of ether oxygens (including phenoxy) is 1. The van der Waals surface area contributed by atoms with Crippen molar-refractivity contribution in [3.05, 3.63) is 46.4 Å². The van der Waals surface area contributed by atoms with E-state index in [0.717, 1.165) is 64.5 Å². The lowest BCUT2D eigenvalue weighted by molar-refractivity contribution is 0.0264. The van der Waals surface area contributed by atoms with Gasteiger partial charge in [0.1, 0.15) is 17.5 Å². The second-order valence-electron chi connectivity index (χ2n) is 8.52. The first-order valence-electron chi connectivity index (χ1n) is 11.4. The van der Waals surface area contributed by atoms with Crippen LogP contribution < -0.4 is 4.74 Å². The van der Waals surface area contributed by atoms with Gasteiger partial charge in [-0.25, -0.2) is 4.98 Å². The minimum atomic E-state index is -0.126. The highest BCUT2D eigenvalue weighted by atomic mass is 32.1. The van der Waals surface area contributed by atoms with Crippen LogP contribution in [0.15, 0.2) is 35.2 Å². The maximum atomic E-state index is 13.4. The number of carbonyl (C=O) groups excluding carboxylic acids is 2. The van der Waals surface area contributed by atoms with Crippen molar-refractivity contribution < 1.29 is 14.3 Å². The number of hydrogen-bond donors (Lipinski definition) is 0. The van der Waals surface area contributed by atoms with E-state index in [1.807, 2.05) is 41.6 Å². The predicted octanol–water partition coefficient (Wildman–Crippen LogP) is 4.62. The lowest BCUT2D eigenvalue weighted by atomic mass is 9.90. The molecule has 2 aliphatic rings. The molecule has 6 nitrogen and oxygen atoms in total. The zero-order valence-corrected chi connectivity index (χ0v) is 19.0. The Hall–Kier alpha value is -2.41. The molecule has 2 amide bonds. The SMILES string of the molecule is CN1CCCCCCN(C(=O)c2cscn2)[C@@H]2CCCC[C@@H]2Oc2ccccc2C1=O. The van der Waals surface area contributed by atoms with Gasteiger partial charge >= 0.3 is 0 Å². The Morgan fingerprint density at radius 3 is 2.65 bits per heavy atom. The summed E-state index contributed by atoms with van der Waals surface area (Å²) >= 11 is 1.45. The van der Waals surface area contributed by atoms with E-state index >= 15 is 0 Å². The molecule has 2 atom stereocenters. The fourth-order valence-corrected chi connectivity index (χ4v) is 5.18. The average molecular weight is 442 g/mol. The Kier molecular flexibility index (Phi) is 7.22. The van der Waals surface area contributed by atoms with Crippen molar-refractivity contribution in [2.24, 2.45) is 0 Å². The zero-order valence-electron chi connectivity index (χ0n) is 18.2. The van der Waals surface area contributed by atoms with Crippen molar-refractivity contribution in [1.82, 2.24) is 14.8 Å². The first-order valence-corrected chi connectivity index (χ1v) is 12.3. The molecular weight excluding hydrogens is 410 g/mol. The number of benzene rings is 1. The normalized spacial score (nSPS) is 23.3. The van der Waals surface area contributed by atoms with Crippen LogP contribution in [0.25, 0.3) is 0 Å². The van der Waals surface area contributed by atoms with Gasteiger partial charge in [0.15, 0.2) is 0 Å². The Bertz CT molecular complexity index is 886. The monoisotopic (exact) mass is 441 g/mol. The molecule has 7 heteroatoms. The van der Waals surface area contributed by atoms with E-state index in [9.17, 15) is 9.59 Å². The van der Waals surface area contributed by atoms with Crippen molar-refractivity contribution in [2.45, 2.75) is 63.5 Å². The van der Waals surface area contributed by atoms with Crippen molar-refractivity contribution >= 4 is 23.2 Å². The molecule has 1 fully saturated rings. The summed E-state index contributed by atoms with van der Waals surface area (Å²) in [5, 5.41) is 1.83. The van der Waals surface area contributed by atoms with Crippen LogP contribution in [0.2, 0.25) is 0 Å². The molecule has 1 aromatic carbocycles. The molecule has 2 heterocycles. The van der Waals surface area contributed by atoms with Crippen LogP contribution >= 0.6 is 11.3 Å². The molecule has 0 unspecified atom stereocenters. The Balaban J connectivity index is 1.66. The second kappa shape index (κ2) is 10.3. The van der Waals surface area contributed by atoms with Gasteiger partial charge in [0.2, 0.25) is 0 Å². The van der Waals surface area contributed by atoms with Crippen LogP contribution in [0.1, 0.15) is 72.2 Å². The zero-order chi connectivity index (χ0) is 21.6. The number of fused-ring (bicyclic) bond motifs is 2. The molecule has 1 aromatic heterocycles. The van der Waals surface area contributed by atoms with E-state index < -0.39 is 0 Å². The summed E-state index contributed by atoms with van der Waals surface area (Å²) in [7, 11) is 1.86. The fourth-order valence-electron chi connectivity index (χ4n) is 4.66. The summed E-state index contributed by atoms with van der Waals surface area (Å²) in [6.07, 6.45) is 7.80. The third kappa shape index (κ3) is 5.09. The molecule has 2 aromatic rings. The van der Waals surface area contributed by atoms with Gasteiger partial charge in [-0.05, 0) is 44.2 Å². The number of hydrogen-bond acceptors (Lipinski definition) is 5. The minimum absolute atomic E-state index is 0.00191. The maximum absolute atomic E-state index is 13.4. The topological polar surface area (TPSA) is 62.7 Å². The highest BCUT2D eigenvalue weighted by Crippen LogP contribution is 2.31. The van der Waals surface area contributed by atoms with Crippen molar-refractivity contribution in [3.8, 4) is 5.75 Å².